The monoisotopic (exact) mass is 291 g/mol. The Kier molecular flexibility index (Phi) is 4.05. The summed E-state index contributed by atoms with van der Waals surface area (Å²) >= 11 is 1.63. The average molecular weight is 291 g/mol. The highest BCUT2D eigenvalue weighted by atomic mass is 32.1. The fourth-order valence-corrected chi connectivity index (χ4v) is 3.38. The molecule has 6 nitrogen and oxygen atoms in total. The minimum atomic E-state index is 0.159. The standard InChI is InChI=1S/C13H17N5OS/c19-12(4-8-17-9-5-15-16-17)18-7-2-1-3-11(18)13-14-6-10-20-13/h5-6,9-11H,1-4,7-8H2/t11-/m0/s1. The molecule has 1 atom stereocenters. The number of rotatable bonds is 4. The Morgan fingerprint density at radius 1 is 1.40 bits per heavy atom. The Morgan fingerprint density at radius 3 is 3.10 bits per heavy atom. The van der Waals surface area contributed by atoms with E-state index < -0.39 is 0 Å². The zero-order chi connectivity index (χ0) is 13.8. The highest BCUT2D eigenvalue weighted by Gasteiger charge is 2.29. The Morgan fingerprint density at radius 2 is 2.35 bits per heavy atom. The van der Waals surface area contributed by atoms with Gasteiger partial charge in [0, 0.05) is 30.7 Å². The van der Waals surface area contributed by atoms with E-state index in [4.69, 9.17) is 0 Å². The largest absolute Gasteiger partial charge is 0.333 e. The van der Waals surface area contributed by atoms with Crippen LogP contribution >= 0.6 is 11.3 Å². The minimum Gasteiger partial charge on any atom is -0.333 e. The summed E-state index contributed by atoms with van der Waals surface area (Å²) in [6.45, 7) is 1.42. The van der Waals surface area contributed by atoms with Crippen LogP contribution in [0.2, 0.25) is 0 Å². The molecule has 2 aromatic rings. The van der Waals surface area contributed by atoms with Crippen LogP contribution in [0, 0.1) is 0 Å². The molecule has 20 heavy (non-hydrogen) atoms. The molecule has 3 heterocycles. The van der Waals surface area contributed by atoms with Crippen molar-refractivity contribution in [1.82, 2.24) is 24.9 Å². The molecular formula is C13H17N5OS. The van der Waals surface area contributed by atoms with Gasteiger partial charge in [-0.1, -0.05) is 5.21 Å². The molecule has 1 aliphatic heterocycles. The van der Waals surface area contributed by atoms with Gasteiger partial charge in [-0.2, -0.15) is 0 Å². The second kappa shape index (κ2) is 6.13. The van der Waals surface area contributed by atoms with Crippen molar-refractivity contribution in [3.05, 3.63) is 29.0 Å². The number of carbonyl (C=O) groups is 1. The van der Waals surface area contributed by atoms with Gasteiger partial charge in [0.15, 0.2) is 0 Å². The van der Waals surface area contributed by atoms with Crippen molar-refractivity contribution in [2.45, 2.75) is 38.3 Å². The fourth-order valence-electron chi connectivity index (χ4n) is 2.59. The van der Waals surface area contributed by atoms with Crippen LogP contribution in [-0.4, -0.2) is 37.3 Å². The average Bonchev–Trinajstić information content (AvgIpc) is 3.18. The normalized spacial score (nSPS) is 19.2. The van der Waals surface area contributed by atoms with Gasteiger partial charge in [-0.05, 0) is 19.3 Å². The van der Waals surface area contributed by atoms with Gasteiger partial charge in [-0.25, -0.2) is 4.98 Å². The first-order valence-electron chi connectivity index (χ1n) is 6.87. The summed E-state index contributed by atoms with van der Waals surface area (Å²) in [5, 5.41) is 10.7. The quantitative estimate of drug-likeness (QED) is 0.862. The topological polar surface area (TPSA) is 63.9 Å². The maximum absolute atomic E-state index is 12.4. The van der Waals surface area contributed by atoms with E-state index in [9.17, 15) is 4.79 Å². The highest BCUT2D eigenvalue weighted by molar-refractivity contribution is 7.09. The molecule has 0 saturated carbocycles. The predicted molar refractivity (Wildman–Crippen MR) is 75.1 cm³/mol. The first-order chi connectivity index (χ1) is 9.84. The van der Waals surface area contributed by atoms with Crippen LogP contribution in [-0.2, 0) is 11.3 Å². The first-order valence-corrected chi connectivity index (χ1v) is 7.75. The molecule has 3 rings (SSSR count). The molecule has 1 amide bonds. The minimum absolute atomic E-state index is 0.159. The number of piperidine rings is 1. The number of amides is 1. The number of hydrogen-bond donors (Lipinski definition) is 0. The summed E-state index contributed by atoms with van der Waals surface area (Å²) in [4.78, 5) is 18.8. The molecule has 0 aromatic carbocycles. The van der Waals surface area contributed by atoms with E-state index in [1.165, 1.54) is 0 Å². The number of carbonyl (C=O) groups excluding carboxylic acids is 1. The Hall–Kier alpha value is -1.76. The zero-order valence-electron chi connectivity index (χ0n) is 11.2. The van der Waals surface area contributed by atoms with Gasteiger partial charge in [0.25, 0.3) is 0 Å². The lowest BCUT2D eigenvalue weighted by Gasteiger charge is -2.34. The summed E-state index contributed by atoms with van der Waals surface area (Å²) in [5.74, 6) is 0.181. The molecular weight excluding hydrogens is 274 g/mol. The van der Waals surface area contributed by atoms with Gasteiger partial charge in [-0.15, -0.1) is 16.4 Å². The van der Waals surface area contributed by atoms with Crippen molar-refractivity contribution in [3.8, 4) is 0 Å². The van der Waals surface area contributed by atoms with E-state index in [0.717, 1.165) is 30.8 Å². The van der Waals surface area contributed by atoms with Gasteiger partial charge in [0.1, 0.15) is 5.01 Å². The molecule has 0 N–H and O–H groups in total. The van der Waals surface area contributed by atoms with Gasteiger partial charge >= 0.3 is 0 Å². The van der Waals surface area contributed by atoms with Crippen molar-refractivity contribution in [1.29, 1.82) is 0 Å². The number of aromatic nitrogens is 4. The van der Waals surface area contributed by atoms with Crippen LogP contribution < -0.4 is 0 Å². The third-order valence-electron chi connectivity index (χ3n) is 3.59. The van der Waals surface area contributed by atoms with E-state index in [1.807, 2.05) is 16.5 Å². The maximum Gasteiger partial charge on any atom is 0.225 e. The summed E-state index contributed by atoms with van der Waals surface area (Å²) in [6.07, 6.45) is 8.94. The number of thiazole rings is 1. The predicted octanol–water partition coefficient (Wildman–Crippen LogP) is 1.88. The summed E-state index contributed by atoms with van der Waals surface area (Å²) < 4.78 is 1.69. The van der Waals surface area contributed by atoms with E-state index in [2.05, 4.69) is 15.3 Å². The molecule has 106 valence electrons. The Balaban J connectivity index is 1.65. The van der Waals surface area contributed by atoms with Crippen molar-refractivity contribution >= 4 is 17.2 Å². The molecule has 2 aromatic heterocycles. The molecule has 0 unspecified atom stereocenters. The van der Waals surface area contributed by atoms with Crippen molar-refractivity contribution in [2.24, 2.45) is 0 Å². The first kappa shape index (κ1) is 13.2. The van der Waals surface area contributed by atoms with E-state index in [1.54, 1.807) is 28.4 Å². The highest BCUT2D eigenvalue weighted by Crippen LogP contribution is 2.32. The van der Waals surface area contributed by atoms with Gasteiger partial charge in [-0.3, -0.25) is 9.48 Å². The van der Waals surface area contributed by atoms with Crippen LogP contribution in [0.3, 0.4) is 0 Å². The van der Waals surface area contributed by atoms with Gasteiger partial charge in [0.05, 0.1) is 18.8 Å². The summed E-state index contributed by atoms with van der Waals surface area (Å²) in [6, 6.07) is 0.159. The van der Waals surface area contributed by atoms with Crippen LogP contribution in [0.25, 0.3) is 0 Å². The molecule has 0 radical (unpaired) electrons. The Labute approximate surface area is 121 Å². The lowest BCUT2D eigenvalue weighted by atomic mass is 10.0. The number of aryl methyl sites for hydroxylation is 1. The molecule has 7 heteroatoms. The molecule has 1 aliphatic rings. The number of hydrogen-bond acceptors (Lipinski definition) is 5. The SMILES string of the molecule is O=C(CCn1ccnn1)N1CCCC[C@H]1c1nccs1. The second-order valence-corrected chi connectivity index (χ2v) is 5.81. The lowest BCUT2D eigenvalue weighted by molar-refractivity contribution is -0.135. The third-order valence-corrected chi connectivity index (χ3v) is 4.46. The van der Waals surface area contributed by atoms with E-state index in [-0.39, 0.29) is 11.9 Å². The molecule has 1 fully saturated rings. The van der Waals surface area contributed by atoms with Crippen LogP contribution in [0.15, 0.2) is 24.0 Å². The van der Waals surface area contributed by atoms with Crippen LogP contribution in [0.1, 0.15) is 36.7 Å². The smallest absolute Gasteiger partial charge is 0.225 e. The van der Waals surface area contributed by atoms with Crippen molar-refractivity contribution in [3.63, 3.8) is 0 Å². The molecule has 1 saturated heterocycles. The number of nitrogens with zero attached hydrogens (tertiary/aromatic N) is 5. The molecule has 0 aliphatic carbocycles. The maximum atomic E-state index is 12.4. The van der Waals surface area contributed by atoms with Gasteiger partial charge in [0.2, 0.25) is 5.91 Å². The lowest BCUT2D eigenvalue weighted by Crippen LogP contribution is -2.38. The summed E-state index contributed by atoms with van der Waals surface area (Å²) in [7, 11) is 0. The Bertz CT molecular complexity index is 539. The summed E-state index contributed by atoms with van der Waals surface area (Å²) in [5.41, 5.74) is 0. The van der Waals surface area contributed by atoms with E-state index >= 15 is 0 Å². The molecule has 0 spiro atoms. The van der Waals surface area contributed by atoms with Gasteiger partial charge < -0.3 is 4.90 Å². The second-order valence-electron chi connectivity index (χ2n) is 4.89. The third kappa shape index (κ3) is 2.87. The zero-order valence-corrected chi connectivity index (χ0v) is 12.0. The van der Waals surface area contributed by atoms with Crippen LogP contribution in [0.5, 0.6) is 0 Å². The van der Waals surface area contributed by atoms with E-state index in [0.29, 0.717) is 13.0 Å². The fraction of sp³-hybridized carbons (Fsp3) is 0.538. The van der Waals surface area contributed by atoms with Crippen molar-refractivity contribution in [2.75, 3.05) is 6.54 Å². The number of likely N-dealkylation sites (tertiary alicyclic amines) is 1. The van der Waals surface area contributed by atoms with Crippen molar-refractivity contribution < 1.29 is 4.79 Å². The molecule has 0 bridgehead atoms. The van der Waals surface area contributed by atoms with Crippen LogP contribution in [0.4, 0.5) is 0 Å².